The van der Waals surface area contributed by atoms with Crippen LogP contribution >= 0.6 is 0 Å². The highest BCUT2D eigenvalue weighted by Crippen LogP contribution is 2.33. The van der Waals surface area contributed by atoms with Gasteiger partial charge in [0.2, 0.25) is 5.91 Å². The number of nitrogens with zero attached hydrogens (tertiary/aromatic N) is 3. The number of ether oxygens (including phenoxy) is 1. The fraction of sp³-hybridized carbons (Fsp3) is 0.867. The molecule has 0 aromatic carbocycles. The van der Waals surface area contributed by atoms with Crippen LogP contribution < -0.4 is 0 Å². The lowest BCUT2D eigenvalue weighted by atomic mass is 9.79. The van der Waals surface area contributed by atoms with Crippen LogP contribution in [0, 0.1) is 22.7 Å². The van der Waals surface area contributed by atoms with Gasteiger partial charge in [-0.05, 0) is 45.7 Å². The van der Waals surface area contributed by atoms with E-state index in [4.69, 9.17) is 4.74 Å². The normalized spacial score (nSPS) is 23.6. The van der Waals surface area contributed by atoms with Crippen LogP contribution in [0.5, 0.6) is 0 Å². The molecule has 0 aromatic heterocycles. The lowest BCUT2D eigenvalue weighted by Gasteiger charge is -2.39. The molecule has 5 nitrogen and oxygen atoms in total. The van der Waals surface area contributed by atoms with Crippen molar-refractivity contribution in [3.63, 3.8) is 0 Å². The molecule has 0 unspecified atom stereocenters. The van der Waals surface area contributed by atoms with E-state index >= 15 is 0 Å². The summed E-state index contributed by atoms with van der Waals surface area (Å²) < 4.78 is 5.30. The molecule has 0 spiro atoms. The third kappa shape index (κ3) is 3.31. The first kappa shape index (κ1) is 15.3. The molecule has 2 aliphatic heterocycles. The molecule has 0 aromatic rings. The number of likely N-dealkylation sites (tertiary alicyclic amines) is 1. The van der Waals surface area contributed by atoms with Crippen molar-refractivity contribution < 1.29 is 9.53 Å². The number of amides is 1. The molecule has 0 aliphatic carbocycles. The number of carbonyl (C=O) groups is 1. The van der Waals surface area contributed by atoms with Crippen LogP contribution in [0.3, 0.4) is 0 Å². The summed E-state index contributed by atoms with van der Waals surface area (Å²) >= 11 is 0. The fourth-order valence-electron chi connectivity index (χ4n) is 3.23. The summed E-state index contributed by atoms with van der Waals surface area (Å²) in [4.78, 5) is 16.8. The Morgan fingerprint density at radius 3 is 2.45 bits per heavy atom. The number of rotatable bonds is 3. The molecule has 2 saturated heterocycles. The van der Waals surface area contributed by atoms with Crippen molar-refractivity contribution in [2.24, 2.45) is 11.3 Å². The van der Waals surface area contributed by atoms with Crippen molar-refractivity contribution in [3.8, 4) is 6.07 Å². The average Bonchev–Trinajstić information content (AvgIpc) is 2.47. The van der Waals surface area contributed by atoms with E-state index in [9.17, 15) is 10.1 Å². The van der Waals surface area contributed by atoms with Gasteiger partial charge < -0.3 is 14.5 Å². The molecule has 2 fully saturated rings. The number of carbonyl (C=O) groups excluding carboxylic acids is 1. The van der Waals surface area contributed by atoms with E-state index in [0.717, 1.165) is 32.5 Å². The SMILES string of the molecule is CN(C)CC1CCN(C(=O)C2(C#N)CCOCC2)CC1. The van der Waals surface area contributed by atoms with E-state index < -0.39 is 5.41 Å². The maximum atomic E-state index is 12.7. The average molecular weight is 279 g/mol. The number of nitriles is 1. The number of piperidine rings is 1. The van der Waals surface area contributed by atoms with Gasteiger partial charge in [-0.2, -0.15) is 5.26 Å². The van der Waals surface area contributed by atoms with Gasteiger partial charge in [-0.25, -0.2) is 0 Å². The molecule has 0 N–H and O–H groups in total. The first-order valence-corrected chi connectivity index (χ1v) is 7.50. The Morgan fingerprint density at radius 2 is 1.95 bits per heavy atom. The Morgan fingerprint density at radius 1 is 1.35 bits per heavy atom. The van der Waals surface area contributed by atoms with Crippen LogP contribution in [0.1, 0.15) is 25.7 Å². The highest BCUT2D eigenvalue weighted by molar-refractivity contribution is 5.85. The molecule has 1 amide bonds. The predicted octanol–water partition coefficient (Wildman–Crippen LogP) is 1.11. The molecule has 0 radical (unpaired) electrons. The first-order chi connectivity index (χ1) is 9.57. The molecular weight excluding hydrogens is 254 g/mol. The van der Waals surface area contributed by atoms with Crippen LogP contribution in [-0.4, -0.2) is 62.7 Å². The van der Waals surface area contributed by atoms with E-state index in [1.807, 2.05) is 4.90 Å². The molecule has 2 aliphatic rings. The van der Waals surface area contributed by atoms with Gasteiger partial charge in [0.25, 0.3) is 0 Å². The van der Waals surface area contributed by atoms with E-state index in [0.29, 0.717) is 32.0 Å². The van der Waals surface area contributed by atoms with Crippen LogP contribution in [0.2, 0.25) is 0 Å². The minimum Gasteiger partial charge on any atom is -0.381 e. The number of hydrogen-bond acceptors (Lipinski definition) is 4. The maximum Gasteiger partial charge on any atom is 0.243 e. The van der Waals surface area contributed by atoms with Gasteiger partial charge in [-0.3, -0.25) is 4.79 Å². The molecule has 112 valence electrons. The zero-order valence-corrected chi connectivity index (χ0v) is 12.6. The van der Waals surface area contributed by atoms with Gasteiger partial charge >= 0.3 is 0 Å². The molecule has 2 rings (SSSR count). The molecule has 0 saturated carbocycles. The summed E-state index contributed by atoms with van der Waals surface area (Å²) in [5.41, 5.74) is -0.827. The van der Waals surface area contributed by atoms with Crippen LogP contribution in [0.25, 0.3) is 0 Å². The van der Waals surface area contributed by atoms with Crippen LogP contribution in [0.15, 0.2) is 0 Å². The van der Waals surface area contributed by atoms with E-state index in [1.165, 1.54) is 0 Å². The smallest absolute Gasteiger partial charge is 0.243 e. The van der Waals surface area contributed by atoms with Gasteiger partial charge in [0.1, 0.15) is 5.41 Å². The summed E-state index contributed by atoms with van der Waals surface area (Å²) in [6.07, 6.45) is 3.17. The minimum absolute atomic E-state index is 0.0339. The predicted molar refractivity (Wildman–Crippen MR) is 76.0 cm³/mol. The Bertz CT molecular complexity index is 375. The van der Waals surface area contributed by atoms with E-state index in [2.05, 4.69) is 25.1 Å². The van der Waals surface area contributed by atoms with Crippen molar-refractivity contribution >= 4 is 5.91 Å². The van der Waals surface area contributed by atoms with E-state index in [1.54, 1.807) is 0 Å². The van der Waals surface area contributed by atoms with Gasteiger partial charge in [-0.1, -0.05) is 0 Å². The highest BCUT2D eigenvalue weighted by Gasteiger charge is 2.43. The van der Waals surface area contributed by atoms with Gasteiger partial charge in [0.05, 0.1) is 6.07 Å². The van der Waals surface area contributed by atoms with Crippen molar-refractivity contribution in [1.82, 2.24) is 9.80 Å². The van der Waals surface area contributed by atoms with Crippen LogP contribution in [0.4, 0.5) is 0 Å². The summed E-state index contributed by atoms with van der Waals surface area (Å²) in [6, 6.07) is 2.28. The Kier molecular flexibility index (Phi) is 5.00. The Balaban J connectivity index is 1.92. The zero-order chi connectivity index (χ0) is 14.6. The van der Waals surface area contributed by atoms with Crippen molar-refractivity contribution in [2.75, 3.05) is 46.9 Å². The van der Waals surface area contributed by atoms with Gasteiger partial charge in [-0.15, -0.1) is 0 Å². The minimum atomic E-state index is -0.827. The van der Waals surface area contributed by atoms with Crippen molar-refractivity contribution in [3.05, 3.63) is 0 Å². The summed E-state index contributed by atoms with van der Waals surface area (Å²) in [5.74, 6) is 0.702. The third-order valence-electron chi connectivity index (χ3n) is 4.49. The second kappa shape index (κ2) is 6.55. The second-order valence-electron chi connectivity index (χ2n) is 6.30. The quantitative estimate of drug-likeness (QED) is 0.776. The monoisotopic (exact) mass is 279 g/mol. The fourth-order valence-corrected chi connectivity index (χ4v) is 3.23. The molecule has 2 heterocycles. The Hall–Kier alpha value is -1.12. The standard InChI is InChI=1S/C15H25N3O2/c1-17(2)11-13-3-7-18(8-4-13)14(19)15(12-16)5-9-20-10-6-15/h13H,3-11H2,1-2H3. The second-order valence-corrected chi connectivity index (χ2v) is 6.30. The Labute approximate surface area is 121 Å². The molecule has 0 bridgehead atoms. The molecule has 20 heavy (non-hydrogen) atoms. The van der Waals surface area contributed by atoms with Crippen molar-refractivity contribution in [2.45, 2.75) is 25.7 Å². The molecule has 0 atom stereocenters. The first-order valence-electron chi connectivity index (χ1n) is 7.50. The largest absolute Gasteiger partial charge is 0.381 e. The third-order valence-corrected chi connectivity index (χ3v) is 4.49. The maximum absolute atomic E-state index is 12.7. The topological polar surface area (TPSA) is 56.6 Å². The number of hydrogen-bond donors (Lipinski definition) is 0. The highest BCUT2D eigenvalue weighted by atomic mass is 16.5. The zero-order valence-electron chi connectivity index (χ0n) is 12.6. The molecular formula is C15H25N3O2. The van der Waals surface area contributed by atoms with Gasteiger partial charge in [0.15, 0.2) is 0 Å². The summed E-state index contributed by atoms with van der Waals surface area (Å²) in [5, 5.41) is 9.45. The van der Waals surface area contributed by atoms with Gasteiger partial charge in [0, 0.05) is 32.8 Å². The lowest BCUT2D eigenvalue weighted by Crippen LogP contribution is -2.49. The van der Waals surface area contributed by atoms with E-state index in [-0.39, 0.29) is 5.91 Å². The molecule has 5 heteroatoms. The van der Waals surface area contributed by atoms with Crippen molar-refractivity contribution in [1.29, 1.82) is 5.26 Å². The lowest BCUT2D eigenvalue weighted by molar-refractivity contribution is -0.144. The van der Waals surface area contributed by atoms with Crippen LogP contribution in [-0.2, 0) is 9.53 Å². The summed E-state index contributed by atoms with van der Waals surface area (Å²) in [7, 11) is 4.18. The summed E-state index contributed by atoms with van der Waals surface area (Å²) in [6.45, 7) is 3.72.